The molecular weight excluding hydrogens is 254 g/mol. The summed E-state index contributed by atoms with van der Waals surface area (Å²) in [5.74, 6) is 0. The number of pyridine rings is 1. The van der Waals surface area contributed by atoms with Crippen molar-refractivity contribution in [2.24, 2.45) is 0 Å². The van der Waals surface area contributed by atoms with Gasteiger partial charge in [0.25, 0.3) is 0 Å². The van der Waals surface area contributed by atoms with Crippen LogP contribution in [0.15, 0.2) is 18.5 Å². The number of nitrogens with zero attached hydrogens (tertiary/aromatic N) is 2. The van der Waals surface area contributed by atoms with Crippen LogP contribution in [0.5, 0.6) is 0 Å². The van der Waals surface area contributed by atoms with Gasteiger partial charge in [-0.3, -0.25) is 4.98 Å². The standard InChI is InChI=1S/C15H25N3O2/c1-11(2)17-8-12-7-16-6-5-13(12)18-9-14(19-3)15(10-18)20-4/h5-7,11,14-15,17H,8-10H2,1-4H3. The molecule has 0 saturated carbocycles. The molecule has 1 N–H and O–H groups in total. The molecule has 0 amide bonds. The number of hydrogen-bond acceptors (Lipinski definition) is 5. The summed E-state index contributed by atoms with van der Waals surface area (Å²) in [6, 6.07) is 2.53. The Kier molecular flexibility index (Phi) is 5.34. The monoisotopic (exact) mass is 279 g/mol. The maximum atomic E-state index is 5.51. The smallest absolute Gasteiger partial charge is 0.102 e. The molecule has 0 aromatic carbocycles. The van der Waals surface area contributed by atoms with E-state index in [-0.39, 0.29) is 12.2 Å². The highest BCUT2D eigenvalue weighted by molar-refractivity contribution is 5.53. The molecule has 2 rings (SSSR count). The summed E-state index contributed by atoms with van der Waals surface area (Å²) >= 11 is 0. The fourth-order valence-corrected chi connectivity index (χ4v) is 2.57. The predicted octanol–water partition coefficient (Wildman–Crippen LogP) is 1.43. The Hall–Kier alpha value is -1.17. The molecule has 2 heterocycles. The highest BCUT2D eigenvalue weighted by Crippen LogP contribution is 2.26. The van der Waals surface area contributed by atoms with Gasteiger partial charge in [-0.05, 0) is 6.07 Å². The quantitative estimate of drug-likeness (QED) is 0.853. The molecule has 0 aliphatic carbocycles. The molecule has 1 fully saturated rings. The Bertz CT molecular complexity index is 413. The number of ether oxygens (including phenoxy) is 2. The summed E-state index contributed by atoms with van der Waals surface area (Å²) in [6.45, 7) is 6.83. The third-order valence-electron chi connectivity index (χ3n) is 3.74. The highest BCUT2D eigenvalue weighted by Gasteiger charge is 2.33. The van der Waals surface area contributed by atoms with Gasteiger partial charge in [0.15, 0.2) is 0 Å². The van der Waals surface area contributed by atoms with E-state index < -0.39 is 0 Å². The van der Waals surface area contributed by atoms with E-state index in [4.69, 9.17) is 9.47 Å². The Morgan fingerprint density at radius 3 is 2.50 bits per heavy atom. The lowest BCUT2D eigenvalue weighted by atomic mass is 10.2. The maximum Gasteiger partial charge on any atom is 0.102 e. The molecule has 20 heavy (non-hydrogen) atoms. The van der Waals surface area contributed by atoms with E-state index in [1.165, 1.54) is 11.3 Å². The van der Waals surface area contributed by atoms with Crippen LogP contribution in [-0.4, -0.2) is 50.5 Å². The average molecular weight is 279 g/mol. The SMILES string of the molecule is COC1CN(c2ccncc2CNC(C)C)CC1OC. The van der Waals surface area contributed by atoms with Crippen LogP contribution in [0, 0.1) is 0 Å². The second-order valence-corrected chi connectivity index (χ2v) is 5.49. The van der Waals surface area contributed by atoms with Crippen LogP contribution in [-0.2, 0) is 16.0 Å². The molecule has 2 atom stereocenters. The number of nitrogens with one attached hydrogen (secondary N) is 1. The normalized spacial score (nSPS) is 22.8. The van der Waals surface area contributed by atoms with Crippen molar-refractivity contribution < 1.29 is 9.47 Å². The van der Waals surface area contributed by atoms with Crippen molar-refractivity contribution in [3.8, 4) is 0 Å². The highest BCUT2D eigenvalue weighted by atomic mass is 16.5. The van der Waals surface area contributed by atoms with Crippen molar-refractivity contribution in [3.63, 3.8) is 0 Å². The Labute approximate surface area is 121 Å². The second kappa shape index (κ2) is 7.02. The lowest BCUT2D eigenvalue weighted by Crippen LogP contribution is -2.27. The van der Waals surface area contributed by atoms with Crippen LogP contribution in [0.2, 0.25) is 0 Å². The Morgan fingerprint density at radius 2 is 1.95 bits per heavy atom. The fraction of sp³-hybridized carbons (Fsp3) is 0.667. The van der Waals surface area contributed by atoms with Gasteiger partial charge in [0.05, 0.1) is 0 Å². The topological polar surface area (TPSA) is 46.6 Å². The molecule has 1 aromatic heterocycles. The van der Waals surface area contributed by atoms with Crippen molar-refractivity contribution in [1.82, 2.24) is 10.3 Å². The summed E-state index contributed by atoms with van der Waals surface area (Å²) in [6.07, 6.45) is 4.03. The van der Waals surface area contributed by atoms with Crippen molar-refractivity contribution in [2.75, 3.05) is 32.2 Å². The zero-order chi connectivity index (χ0) is 14.5. The first kappa shape index (κ1) is 15.2. The van der Waals surface area contributed by atoms with E-state index in [0.29, 0.717) is 6.04 Å². The number of hydrogen-bond donors (Lipinski definition) is 1. The van der Waals surface area contributed by atoms with Crippen LogP contribution in [0.25, 0.3) is 0 Å². The molecule has 5 heteroatoms. The van der Waals surface area contributed by atoms with Gasteiger partial charge in [0.1, 0.15) is 12.2 Å². The van der Waals surface area contributed by atoms with E-state index in [0.717, 1.165) is 19.6 Å². The molecule has 1 saturated heterocycles. The zero-order valence-corrected chi connectivity index (χ0v) is 12.8. The van der Waals surface area contributed by atoms with Gasteiger partial charge in [-0.1, -0.05) is 13.8 Å². The molecule has 2 unspecified atom stereocenters. The molecule has 1 aliphatic heterocycles. The van der Waals surface area contributed by atoms with E-state index in [9.17, 15) is 0 Å². The van der Waals surface area contributed by atoms with Crippen LogP contribution < -0.4 is 10.2 Å². The Balaban J connectivity index is 2.12. The van der Waals surface area contributed by atoms with Gasteiger partial charge in [-0.2, -0.15) is 0 Å². The van der Waals surface area contributed by atoms with Gasteiger partial charge < -0.3 is 19.7 Å². The summed E-state index contributed by atoms with van der Waals surface area (Å²) in [5, 5.41) is 3.45. The minimum Gasteiger partial charge on any atom is -0.377 e. The lowest BCUT2D eigenvalue weighted by molar-refractivity contribution is -0.00461. The van der Waals surface area contributed by atoms with Crippen LogP contribution in [0.1, 0.15) is 19.4 Å². The molecule has 5 nitrogen and oxygen atoms in total. The van der Waals surface area contributed by atoms with E-state index in [2.05, 4.69) is 35.1 Å². The predicted molar refractivity (Wildman–Crippen MR) is 80.0 cm³/mol. The molecule has 1 aliphatic rings. The first-order valence-corrected chi connectivity index (χ1v) is 7.12. The summed E-state index contributed by atoms with van der Waals surface area (Å²) in [7, 11) is 3.49. The van der Waals surface area contributed by atoms with E-state index in [1.54, 1.807) is 14.2 Å². The Morgan fingerprint density at radius 1 is 1.30 bits per heavy atom. The van der Waals surface area contributed by atoms with Crippen molar-refractivity contribution >= 4 is 5.69 Å². The fourth-order valence-electron chi connectivity index (χ4n) is 2.57. The van der Waals surface area contributed by atoms with Gasteiger partial charge >= 0.3 is 0 Å². The molecule has 0 bridgehead atoms. The van der Waals surface area contributed by atoms with Gasteiger partial charge in [0.2, 0.25) is 0 Å². The number of methoxy groups -OCH3 is 2. The molecule has 112 valence electrons. The largest absolute Gasteiger partial charge is 0.377 e. The molecular formula is C15H25N3O2. The first-order chi connectivity index (χ1) is 9.65. The number of rotatable bonds is 6. The zero-order valence-electron chi connectivity index (χ0n) is 12.8. The first-order valence-electron chi connectivity index (χ1n) is 7.12. The van der Waals surface area contributed by atoms with Crippen LogP contribution in [0.3, 0.4) is 0 Å². The van der Waals surface area contributed by atoms with E-state index in [1.807, 2.05) is 12.4 Å². The van der Waals surface area contributed by atoms with Crippen molar-refractivity contribution in [1.29, 1.82) is 0 Å². The molecule has 0 spiro atoms. The molecule has 1 aromatic rings. The third kappa shape index (κ3) is 3.48. The maximum absolute atomic E-state index is 5.51. The van der Waals surface area contributed by atoms with E-state index >= 15 is 0 Å². The van der Waals surface area contributed by atoms with Gasteiger partial charge in [-0.15, -0.1) is 0 Å². The van der Waals surface area contributed by atoms with Gasteiger partial charge in [0, 0.05) is 63.5 Å². The van der Waals surface area contributed by atoms with Crippen LogP contribution in [0.4, 0.5) is 5.69 Å². The van der Waals surface area contributed by atoms with Crippen LogP contribution >= 0.6 is 0 Å². The minimum atomic E-state index is 0.124. The molecule has 0 radical (unpaired) electrons. The van der Waals surface area contributed by atoms with Crippen molar-refractivity contribution in [3.05, 3.63) is 24.0 Å². The summed E-state index contributed by atoms with van der Waals surface area (Å²) in [5.41, 5.74) is 2.43. The average Bonchev–Trinajstić information content (AvgIpc) is 2.88. The van der Waals surface area contributed by atoms with Gasteiger partial charge in [-0.25, -0.2) is 0 Å². The number of anilines is 1. The summed E-state index contributed by atoms with van der Waals surface area (Å²) in [4.78, 5) is 6.56. The number of aromatic nitrogens is 1. The second-order valence-electron chi connectivity index (χ2n) is 5.49. The summed E-state index contributed by atoms with van der Waals surface area (Å²) < 4.78 is 11.0. The lowest BCUT2D eigenvalue weighted by Gasteiger charge is -2.22. The van der Waals surface area contributed by atoms with Crippen molar-refractivity contribution in [2.45, 2.75) is 38.6 Å². The third-order valence-corrected chi connectivity index (χ3v) is 3.74. The minimum absolute atomic E-state index is 0.124.